The van der Waals surface area contributed by atoms with E-state index in [1.807, 2.05) is 6.92 Å². The fraction of sp³-hybridized carbons (Fsp3) is 0.333. The van der Waals surface area contributed by atoms with Crippen molar-refractivity contribution in [2.75, 3.05) is 13.1 Å². The van der Waals surface area contributed by atoms with Crippen LogP contribution in [-0.4, -0.2) is 24.1 Å². The number of amides is 1. The maximum absolute atomic E-state index is 12.7. The van der Waals surface area contributed by atoms with E-state index < -0.39 is 0 Å². The van der Waals surface area contributed by atoms with Crippen molar-refractivity contribution in [2.45, 2.75) is 13.5 Å². The molecule has 98 valence electrons. The van der Waals surface area contributed by atoms with Gasteiger partial charge in [0.15, 0.2) is 5.11 Å². The summed E-state index contributed by atoms with van der Waals surface area (Å²) in [5.74, 6) is -0.376. The van der Waals surface area contributed by atoms with Crippen molar-refractivity contribution in [3.8, 4) is 0 Å². The highest BCUT2D eigenvalue weighted by Crippen LogP contribution is 2.01. The van der Waals surface area contributed by atoms with Crippen LogP contribution in [0.1, 0.15) is 12.5 Å². The van der Waals surface area contributed by atoms with E-state index in [-0.39, 0.29) is 18.3 Å². The summed E-state index contributed by atoms with van der Waals surface area (Å²) in [6.45, 7) is 3.07. The average molecular weight is 269 g/mol. The minimum Gasteiger partial charge on any atom is -0.359 e. The number of nitrogens with one attached hydrogen (secondary N) is 3. The van der Waals surface area contributed by atoms with E-state index in [2.05, 4.69) is 16.0 Å². The molecule has 0 spiro atoms. The number of likely N-dealkylation sites (N-methyl/N-ethyl adjacent to an activating group) is 1. The lowest BCUT2D eigenvalue weighted by atomic mass is 10.2. The molecule has 0 saturated heterocycles. The smallest absolute Gasteiger partial charge is 0.239 e. The van der Waals surface area contributed by atoms with Gasteiger partial charge in [-0.15, -0.1) is 0 Å². The van der Waals surface area contributed by atoms with E-state index in [1.165, 1.54) is 12.1 Å². The van der Waals surface area contributed by atoms with Crippen molar-refractivity contribution in [1.29, 1.82) is 0 Å². The van der Waals surface area contributed by atoms with Crippen molar-refractivity contribution in [3.63, 3.8) is 0 Å². The topological polar surface area (TPSA) is 53.2 Å². The lowest BCUT2D eigenvalue weighted by Crippen LogP contribution is -2.41. The Morgan fingerprint density at radius 1 is 1.22 bits per heavy atom. The molecule has 1 aromatic carbocycles. The van der Waals surface area contributed by atoms with E-state index in [4.69, 9.17) is 12.2 Å². The molecule has 4 nitrogen and oxygen atoms in total. The number of halogens is 1. The van der Waals surface area contributed by atoms with E-state index in [0.717, 1.165) is 5.56 Å². The summed E-state index contributed by atoms with van der Waals surface area (Å²) in [6, 6.07) is 6.13. The first-order chi connectivity index (χ1) is 8.61. The molecule has 0 heterocycles. The number of carbonyl (C=O) groups excluding carboxylic acids is 1. The first-order valence-electron chi connectivity index (χ1n) is 5.64. The Kier molecular flexibility index (Phi) is 6.07. The quantitative estimate of drug-likeness (QED) is 0.696. The minimum absolute atomic E-state index is 0.108. The molecule has 0 atom stereocenters. The van der Waals surface area contributed by atoms with Crippen LogP contribution in [0.15, 0.2) is 24.3 Å². The number of hydrogen-bond acceptors (Lipinski definition) is 2. The van der Waals surface area contributed by atoms with Gasteiger partial charge in [0, 0.05) is 13.1 Å². The number of rotatable bonds is 5. The van der Waals surface area contributed by atoms with Crippen LogP contribution >= 0.6 is 12.2 Å². The van der Waals surface area contributed by atoms with Gasteiger partial charge in [-0.3, -0.25) is 4.79 Å². The van der Waals surface area contributed by atoms with Gasteiger partial charge in [0.05, 0.1) is 6.54 Å². The molecule has 1 amide bonds. The summed E-state index contributed by atoms with van der Waals surface area (Å²) < 4.78 is 12.7. The number of hydrogen-bond donors (Lipinski definition) is 3. The van der Waals surface area contributed by atoms with Crippen molar-refractivity contribution in [1.82, 2.24) is 16.0 Å². The molecule has 0 bridgehead atoms. The Balaban J connectivity index is 2.24. The molecule has 0 aromatic heterocycles. The maximum Gasteiger partial charge on any atom is 0.239 e. The zero-order valence-corrected chi connectivity index (χ0v) is 10.9. The van der Waals surface area contributed by atoms with Crippen molar-refractivity contribution in [3.05, 3.63) is 35.6 Å². The van der Waals surface area contributed by atoms with Gasteiger partial charge in [0.1, 0.15) is 5.82 Å². The molecule has 0 fully saturated rings. The Bertz CT molecular complexity index is 408. The van der Waals surface area contributed by atoms with Crippen LogP contribution in [0.2, 0.25) is 0 Å². The molecule has 6 heteroatoms. The first-order valence-corrected chi connectivity index (χ1v) is 6.05. The molecule has 0 saturated carbocycles. The molecule has 1 rings (SSSR count). The van der Waals surface area contributed by atoms with Gasteiger partial charge >= 0.3 is 0 Å². The van der Waals surface area contributed by atoms with Crippen LogP contribution < -0.4 is 16.0 Å². The molecule has 1 aromatic rings. The maximum atomic E-state index is 12.7. The SMILES string of the molecule is CCNC(=O)CNC(=S)NCc1ccc(F)cc1. The average Bonchev–Trinajstić information content (AvgIpc) is 2.36. The van der Waals surface area contributed by atoms with Gasteiger partial charge in [0.25, 0.3) is 0 Å². The molecule has 0 aliphatic carbocycles. The second-order valence-electron chi connectivity index (χ2n) is 3.62. The highest BCUT2D eigenvalue weighted by atomic mass is 32.1. The van der Waals surface area contributed by atoms with Gasteiger partial charge in [-0.05, 0) is 36.8 Å². The zero-order chi connectivity index (χ0) is 13.4. The van der Waals surface area contributed by atoms with Crippen LogP contribution in [0.3, 0.4) is 0 Å². The second kappa shape index (κ2) is 7.60. The first kappa shape index (κ1) is 14.4. The number of thiocarbonyl (C=S) groups is 1. The summed E-state index contributed by atoms with van der Waals surface area (Å²) in [7, 11) is 0. The number of carbonyl (C=O) groups is 1. The molecule has 0 aliphatic rings. The van der Waals surface area contributed by atoms with E-state index in [0.29, 0.717) is 18.2 Å². The van der Waals surface area contributed by atoms with Gasteiger partial charge in [-0.1, -0.05) is 12.1 Å². The number of benzene rings is 1. The van der Waals surface area contributed by atoms with Crippen LogP contribution in [-0.2, 0) is 11.3 Å². The van der Waals surface area contributed by atoms with Gasteiger partial charge in [0.2, 0.25) is 5.91 Å². The Morgan fingerprint density at radius 2 is 1.89 bits per heavy atom. The predicted octanol–water partition coefficient (Wildman–Crippen LogP) is 0.926. The van der Waals surface area contributed by atoms with Crippen molar-refractivity contribution in [2.24, 2.45) is 0 Å². The largest absolute Gasteiger partial charge is 0.359 e. The lowest BCUT2D eigenvalue weighted by Gasteiger charge is -2.10. The van der Waals surface area contributed by atoms with E-state index >= 15 is 0 Å². The highest BCUT2D eigenvalue weighted by molar-refractivity contribution is 7.80. The van der Waals surface area contributed by atoms with Crippen molar-refractivity contribution >= 4 is 23.2 Å². The van der Waals surface area contributed by atoms with Gasteiger partial charge in [-0.25, -0.2) is 4.39 Å². The monoisotopic (exact) mass is 269 g/mol. The normalized spacial score (nSPS) is 9.67. The Labute approximate surface area is 111 Å². The summed E-state index contributed by atoms with van der Waals surface area (Å²) in [4.78, 5) is 11.2. The lowest BCUT2D eigenvalue weighted by molar-refractivity contribution is -0.119. The second-order valence-corrected chi connectivity index (χ2v) is 4.02. The Morgan fingerprint density at radius 3 is 2.50 bits per heavy atom. The third-order valence-corrected chi connectivity index (χ3v) is 2.44. The fourth-order valence-electron chi connectivity index (χ4n) is 1.27. The molecule has 18 heavy (non-hydrogen) atoms. The van der Waals surface area contributed by atoms with Crippen LogP contribution in [0.5, 0.6) is 0 Å². The molecule has 3 N–H and O–H groups in total. The third-order valence-electron chi connectivity index (χ3n) is 2.15. The molecular weight excluding hydrogens is 253 g/mol. The zero-order valence-electron chi connectivity index (χ0n) is 10.1. The molecular formula is C12H16FN3OS. The fourth-order valence-corrected chi connectivity index (χ4v) is 1.41. The van der Waals surface area contributed by atoms with Crippen LogP contribution in [0.4, 0.5) is 4.39 Å². The summed E-state index contributed by atoms with van der Waals surface area (Å²) >= 11 is 5.01. The van der Waals surface area contributed by atoms with Crippen LogP contribution in [0.25, 0.3) is 0 Å². The summed E-state index contributed by atoms with van der Waals surface area (Å²) in [5.41, 5.74) is 0.915. The predicted molar refractivity (Wildman–Crippen MR) is 72.5 cm³/mol. The minimum atomic E-state index is -0.268. The highest BCUT2D eigenvalue weighted by Gasteiger charge is 2.01. The van der Waals surface area contributed by atoms with Crippen molar-refractivity contribution < 1.29 is 9.18 Å². The Hall–Kier alpha value is -1.69. The summed E-state index contributed by atoms with van der Waals surface area (Å²) in [6.07, 6.45) is 0. The molecule has 0 aliphatic heterocycles. The van der Waals surface area contributed by atoms with E-state index in [1.54, 1.807) is 12.1 Å². The van der Waals surface area contributed by atoms with Gasteiger partial charge in [-0.2, -0.15) is 0 Å². The van der Waals surface area contributed by atoms with E-state index in [9.17, 15) is 9.18 Å². The third kappa shape index (κ3) is 5.58. The van der Waals surface area contributed by atoms with Crippen LogP contribution in [0, 0.1) is 5.82 Å². The standard InChI is InChI=1S/C12H16FN3OS/c1-2-14-11(17)8-16-12(18)15-7-9-3-5-10(13)6-4-9/h3-6H,2,7-8H2,1H3,(H,14,17)(H2,15,16,18). The van der Waals surface area contributed by atoms with Gasteiger partial charge < -0.3 is 16.0 Å². The molecule has 0 radical (unpaired) electrons. The summed E-state index contributed by atoms with van der Waals surface area (Å²) in [5, 5.41) is 8.76. The molecule has 0 unspecified atom stereocenters.